The van der Waals surface area contributed by atoms with E-state index < -0.39 is 0 Å². The number of halogens is 2. The highest BCUT2D eigenvalue weighted by Gasteiger charge is 2.12. The van der Waals surface area contributed by atoms with Crippen LogP contribution in [0, 0.1) is 0 Å². The van der Waals surface area contributed by atoms with Crippen LogP contribution in [-0.2, 0) is 4.79 Å². The van der Waals surface area contributed by atoms with E-state index in [1.165, 1.54) is 0 Å². The van der Waals surface area contributed by atoms with Gasteiger partial charge in [-0.3, -0.25) is 9.59 Å². The van der Waals surface area contributed by atoms with Gasteiger partial charge in [0.15, 0.2) is 5.78 Å². The van der Waals surface area contributed by atoms with Crippen LogP contribution in [0.1, 0.15) is 41.7 Å². The third-order valence-electron chi connectivity index (χ3n) is 3.47. The van der Waals surface area contributed by atoms with E-state index in [2.05, 4.69) is 21.2 Å². The Labute approximate surface area is 149 Å². The predicted molar refractivity (Wildman–Crippen MR) is 95.7 cm³/mol. The monoisotopic (exact) mass is 393 g/mol. The molecule has 1 amide bonds. The Bertz CT molecular complexity index is 700. The molecule has 2 rings (SSSR count). The van der Waals surface area contributed by atoms with Gasteiger partial charge in [0.05, 0.1) is 6.04 Å². The molecule has 0 saturated carbocycles. The summed E-state index contributed by atoms with van der Waals surface area (Å²) in [5, 5.41) is 3.52. The molecule has 1 atom stereocenters. The minimum absolute atomic E-state index is 0.0388. The average molecular weight is 395 g/mol. The Morgan fingerprint density at radius 3 is 2.48 bits per heavy atom. The summed E-state index contributed by atoms with van der Waals surface area (Å²) in [5.74, 6) is -0.189. The summed E-state index contributed by atoms with van der Waals surface area (Å²) >= 11 is 9.27. The van der Waals surface area contributed by atoms with Gasteiger partial charge >= 0.3 is 0 Å². The smallest absolute Gasteiger partial charge is 0.220 e. The molecule has 0 spiro atoms. The Kier molecular flexibility index (Phi) is 6.37. The molecule has 0 aliphatic carbocycles. The van der Waals surface area contributed by atoms with Crippen molar-refractivity contribution in [2.24, 2.45) is 0 Å². The van der Waals surface area contributed by atoms with E-state index >= 15 is 0 Å². The molecule has 1 unspecified atom stereocenters. The Hall–Kier alpha value is -1.65. The van der Waals surface area contributed by atoms with Crippen LogP contribution in [0.4, 0.5) is 0 Å². The number of hydrogen-bond acceptors (Lipinski definition) is 2. The van der Waals surface area contributed by atoms with E-state index in [1.807, 2.05) is 37.3 Å². The van der Waals surface area contributed by atoms with Gasteiger partial charge in [0.2, 0.25) is 5.91 Å². The molecule has 23 heavy (non-hydrogen) atoms. The Morgan fingerprint density at radius 2 is 1.83 bits per heavy atom. The Morgan fingerprint density at radius 1 is 1.13 bits per heavy atom. The van der Waals surface area contributed by atoms with E-state index in [0.29, 0.717) is 10.6 Å². The van der Waals surface area contributed by atoms with Crippen LogP contribution in [0.5, 0.6) is 0 Å². The zero-order valence-corrected chi connectivity index (χ0v) is 15.0. The summed E-state index contributed by atoms with van der Waals surface area (Å²) in [7, 11) is 0. The molecule has 0 saturated heterocycles. The van der Waals surface area contributed by atoms with Crippen molar-refractivity contribution in [2.45, 2.75) is 25.8 Å². The van der Waals surface area contributed by atoms with Crippen molar-refractivity contribution in [2.75, 3.05) is 0 Å². The van der Waals surface area contributed by atoms with Crippen LogP contribution in [-0.4, -0.2) is 11.7 Å². The second-order valence-electron chi connectivity index (χ2n) is 5.27. The first-order valence-electron chi connectivity index (χ1n) is 7.29. The van der Waals surface area contributed by atoms with Crippen molar-refractivity contribution in [3.63, 3.8) is 0 Å². The predicted octanol–water partition coefficient (Wildman–Crippen LogP) is 4.94. The fraction of sp³-hybridized carbons (Fsp3) is 0.222. The van der Waals surface area contributed by atoms with Crippen molar-refractivity contribution in [1.82, 2.24) is 5.32 Å². The van der Waals surface area contributed by atoms with E-state index in [4.69, 9.17) is 11.6 Å². The molecule has 1 N–H and O–H groups in total. The van der Waals surface area contributed by atoms with Crippen molar-refractivity contribution in [3.05, 3.63) is 69.2 Å². The quantitative estimate of drug-likeness (QED) is 0.705. The minimum atomic E-state index is -0.150. The van der Waals surface area contributed by atoms with Gasteiger partial charge in [-0.1, -0.05) is 51.8 Å². The van der Waals surface area contributed by atoms with E-state index in [9.17, 15) is 9.59 Å². The highest BCUT2D eigenvalue weighted by molar-refractivity contribution is 9.10. The molecule has 2 aromatic rings. The van der Waals surface area contributed by atoms with Crippen molar-refractivity contribution in [1.29, 1.82) is 0 Å². The van der Waals surface area contributed by atoms with Crippen LogP contribution in [0.15, 0.2) is 53.0 Å². The first-order valence-corrected chi connectivity index (χ1v) is 8.46. The SMILES string of the molecule is CC(NC(=O)CCC(=O)c1ccc(Br)cc1)c1cccc(Cl)c1. The van der Waals surface area contributed by atoms with Gasteiger partial charge in [-0.2, -0.15) is 0 Å². The lowest BCUT2D eigenvalue weighted by molar-refractivity contribution is -0.121. The maximum absolute atomic E-state index is 12.0. The Balaban J connectivity index is 1.85. The van der Waals surface area contributed by atoms with Crippen molar-refractivity contribution in [3.8, 4) is 0 Å². The first kappa shape index (κ1) is 17.7. The number of amides is 1. The fourth-order valence-electron chi connectivity index (χ4n) is 2.18. The molecule has 0 aliphatic heterocycles. The minimum Gasteiger partial charge on any atom is -0.350 e. The molecule has 0 heterocycles. The molecular formula is C18H17BrClNO2. The van der Waals surface area contributed by atoms with Gasteiger partial charge in [0.1, 0.15) is 0 Å². The van der Waals surface area contributed by atoms with Gasteiger partial charge in [0.25, 0.3) is 0 Å². The molecule has 120 valence electrons. The van der Waals surface area contributed by atoms with E-state index in [1.54, 1.807) is 18.2 Å². The number of rotatable bonds is 6. The summed E-state index contributed by atoms with van der Waals surface area (Å²) in [6.07, 6.45) is 0.357. The fourth-order valence-corrected chi connectivity index (χ4v) is 2.64. The summed E-state index contributed by atoms with van der Waals surface area (Å²) < 4.78 is 0.919. The number of carbonyl (C=O) groups is 2. The normalized spacial score (nSPS) is 11.8. The average Bonchev–Trinajstić information content (AvgIpc) is 2.53. The molecule has 0 bridgehead atoms. The largest absolute Gasteiger partial charge is 0.350 e. The summed E-state index contributed by atoms with van der Waals surface area (Å²) in [5.41, 5.74) is 1.55. The van der Waals surface area contributed by atoms with Crippen LogP contribution < -0.4 is 5.32 Å². The topological polar surface area (TPSA) is 46.2 Å². The molecule has 5 heteroatoms. The molecule has 0 aromatic heterocycles. The van der Waals surface area contributed by atoms with Gasteiger partial charge < -0.3 is 5.32 Å². The highest BCUT2D eigenvalue weighted by atomic mass is 79.9. The lowest BCUT2D eigenvalue weighted by Crippen LogP contribution is -2.26. The first-order chi connectivity index (χ1) is 11.0. The van der Waals surface area contributed by atoms with Crippen LogP contribution in [0.2, 0.25) is 5.02 Å². The van der Waals surface area contributed by atoms with Gasteiger partial charge in [-0.25, -0.2) is 0 Å². The third kappa shape index (κ3) is 5.48. The number of benzene rings is 2. The number of nitrogens with one attached hydrogen (secondary N) is 1. The summed E-state index contributed by atoms with van der Waals surface area (Å²) in [6, 6.07) is 14.3. The highest BCUT2D eigenvalue weighted by Crippen LogP contribution is 2.18. The third-order valence-corrected chi connectivity index (χ3v) is 4.24. The zero-order valence-electron chi connectivity index (χ0n) is 12.7. The maximum atomic E-state index is 12.0. The zero-order chi connectivity index (χ0) is 16.8. The lowest BCUT2D eigenvalue weighted by Gasteiger charge is -2.14. The molecule has 3 nitrogen and oxygen atoms in total. The standard InChI is InChI=1S/C18H17BrClNO2/c1-12(14-3-2-4-16(20)11-14)21-18(23)10-9-17(22)13-5-7-15(19)8-6-13/h2-8,11-12H,9-10H2,1H3,(H,21,23). The van der Waals surface area contributed by atoms with Gasteiger partial charge in [-0.15, -0.1) is 0 Å². The van der Waals surface area contributed by atoms with Crippen LogP contribution in [0.25, 0.3) is 0 Å². The lowest BCUT2D eigenvalue weighted by atomic mass is 10.1. The second-order valence-corrected chi connectivity index (χ2v) is 6.63. The molecule has 2 aromatic carbocycles. The van der Waals surface area contributed by atoms with Crippen molar-refractivity contribution >= 4 is 39.2 Å². The number of Topliss-reactive ketones (excluding diaryl/α,β-unsaturated/α-hetero) is 1. The van der Waals surface area contributed by atoms with Gasteiger partial charge in [0, 0.05) is 27.9 Å². The van der Waals surface area contributed by atoms with Crippen LogP contribution >= 0.6 is 27.5 Å². The summed E-state index contributed by atoms with van der Waals surface area (Å²) in [4.78, 5) is 24.0. The van der Waals surface area contributed by atoms with Crippen molar-refractivity contribution < 1.29 is 9.59 Å². The second kappa shape index (κ2) is 8.27. The number of hydrogen-bond donors (Lipinski definition) is 1. The molecule has 0 aliphatic rings. The maximum Gasteiger partial charge on any atom is 0.220 e. The molecule has 0 fully saturated rings. The van der Waals surface area contributed by atoms with E-state index in [-0.39, 0.29) is 30.6 Å². The van der Waals surface area contributed by atoms with Gasteiger partial charge in [-0.05, 0) is 36.8 Å². The molecular weight excluding hydrogens is 378 g/mol. The summed E-state index contributed by atoms with van der Waals surface area (Å²) in [6.45, 7) is 1.89. The number of carbonyl (C=O) groups excluding carboxylic acids is 2. The van der Waals surface area contributed by atoms with E-state index in [0.717, 1.165) is 10.0 Å². The van der Waals surface area contributed by atoms with Crippen LogP contribution in [0.3, 0.4) is 0 Å². The molecule has 0 radical (unpaired) electrons. The number of ketones is 1.